The first-order chi connectivity index (χ1) is 11.2. The van der Waals surface area contributed by atoms with Gasteiger partial charge in [0.2, 0.25) is 5.95 Å². The van der Waals surface area contributed by atoms with Crippen LogP contribution < -0.4 is 10.5 Å². The molecular weight excluding hydrogens is 378 g/mol. The summed E-state index contributed by atoms with van der Waals surface area (Å²) >= 11 is 5.21. The van der Waals surface area contributed by atoms with E-state index in [1.807, 2.05) is 11.8 Å². The average molecular weight is 394 g/mol. The van der Waals surface area contributed by atoms with Crippen LogP contribution in [0.1, 0.15) is 11.3 Å². The molecule has 0 bridgehead atoms. The van der Waals surface area contributed by atoms with Crippen LogP contribution in [0.25, 0.3) is 0 Å². The number of anilines is 1. The van der Waals surface area contributed by atoms with Crippen molar-refractivity contribution in [2.75, 3.05) is 23.7 Å². The lowest BCUT2D eigenvalue weighted by molar-refractivity contribution is 0.329. The van der Waals surface area contributed by atoms with Gasteiger partial charge in [-0.25, -0.2) is 14.6 Å². The smallest absolute Gasteiger partial charge is 0.267 e. The molecular formula is C15H16BrN5OS. The maximum atomic E-state index is 12.2. The molecule has 8 heteroatoms. The topological polar surface area (TPSA) is 63.9 Å². The summed E-state index contributed by atoms with van der Waals surface area (Å²) in [5.74, 6) is 3.17. The van der Waals surface area contributed by atoms with Gasteiger partial charge in [-0.15, -0.1) is 0 Å². The Hall–Kier alpha value is -1.41. The highest BCUT2D eigenvalue weighted by Gasteiger charge is 2.29. The summed E-state index contributed by atoms with van der Waals surface area (Å²) in [6.45, 7) is 2.40. The fourth-order valence-corrected chi connectivity index (χ4v) is 4.10. The zero-order valence-corrected chi connectivity index (χ0v) is 14.9. The minimum atomic E-state index is 0.0181. The van der Waals surface area contributed by atoms with Crippen molar-refractivity contribution < 1.29 is 0 Å². The maximum absolute atomic E-state index is 12.2. The zero-order valence-electron chi connectivity index (χ0n) is 12.5. The molecule has 0 aromatic carbocycles. The molecule has 0 spiro atoms. The van der Waals surface area contributed by atoms with Crippen LogP contribution in [0, 0.1) is 5.92 Å². The number of aryl methyl sites for hydroxylation is 1. The molecule has 2 aliphatic rings. The van der Waals surface area contributed by atoms with E-state index in [9.17, 15) is 4.79 Å². The number of aromatic nitrogens is 4. The minimum Gasteiger partial charge on any atom is -0.340 e. The summed E-state index contributed by atoms with van der Waals surface area (Å²) < 4.78 is 2.51. The van der Waals surface area contributed by atoms with E-state index in [4.69, 9.17) is 0 Å². The van der Waals surface area contributed by atoms with Gasteiger partial charge in [0.15, 0.2) is 0 Å². The van der Waals surface area contributed by atoms with Crippen molar-refractivity contribution in [2.24, 2.45) is 5.92 Å². The van der Waals surface area contributed by atoms with Gasteiger partial charge in [0.05, 0.1) is 16.7 Å². The van der Waals surface area contributed by atoms with Gasteiger partial charge in [0, 0.05) is 49.6 Å². The predicted molar refractivity (Wildman–Crippen MR) is 93.8 cm³/mol. The van der Waals surface area contributed by atoms with E-state index in [0.29, 0.717) is 12.5 Å². The summed E-state index contributed by atoms with van der Waals surface area (Å²) in [4.78, 5) is 22.9. The van der Waals surface area contributed by atoms with E-state index in [-0.39, 0.29) is 5.56 Å². The summed E-state index contributed by atoms with van der Waals surface area (Å²) in [5, 5.41) is 4.58. The Morgan fingerprint density at radius 2 is 2.09 bits per heavy atom. The molecule has 2 aromatic rings. The Labute approximate surface area is 146 Å². The largest absolute Gasteiger partial charge is 0.340 e. The number of halogens is 1. The molecule has 0 amide bonds. The first-order valence-electron chi connectivity index (χ1n) is 7.59. The average Bonchev–Trinajstić information content (AvgIpc) is 2.52. The molecule has 4 heterocycles. The third-order valence-corrected chi connectivity index (χ3v) is 5.60. The molecule has 0 N–H and O–H groups in total. The molecule has 120 valence electrons. The molecule has 4 rings (SSSR count). The van der Waals surface area contributed by atoms with Crippen LogP contribution in [0.2, 0.25) is 0 Å². The molecule has 6 nitrogen and oxygen atoms in total. The monoisotopic (exact) mass is 393 g/mol. The highest BCUT2D eigenvalue weighted by molar-refractivity contribution is 9.10. The maximum Gasteiger partial charge on any atom is 0.267 e. The normalized spacial score (nSPS) is 17.7. The van der Waals surface area contributed by atoms with Crippen molar-refractivity contribution in [1.29, 1.82) is 0 Å². The SMILES string of the molecule is O=c1cc2c(nn1CC1CN(c3ncc(Br)cn3)C1)CCSC2. The predicted octanol–water partition coefficient (Wildman–Crippen LogP) is 1.72. The second-order valence-corrected chi connectivity index (χ2v) is 7.93. The first kappa shape index (κ1) is 15.1. The number of nitrogens with zero attached hydrogens (tertiary/aromatic N) is 5. The van der Waals surface area contributed by atoms with Crippen LogP contribution in [0.5, 0.6) is 0 Å². The Morgan fingerprint density at radius 1 is 1.30 bits per heavy atom. The lowest BCUT2D eigenvalue weighted by atomic mass is 10.0. The van der Waals surface area contributed by atoms with Crippen molar-refractivity contribution in [3.63, 3.8) is 0 Å². The summed E-state index contributed by atoms with van der Waals surface area (Å²) in [7, 11) is 0. The first-order valence-corrected chi connectivity index (χ1v) is 9.54. The molecule has 2 aromatic heterocycles. The van der Waals surface area contributed by atoms with Crippen LogP contribution in [0.4, 0.5) is 5.95 Å². The van der Waals surface area contributed by atoms with Crippen molar-refractivity contribution in [3.05, 3.63) is 44.5 Å². The van der Waals surface area contributed by atoms with Crippen LogP contribution >= 0.6 is 27.7 Å². The van der Waals surface area contributed by atoms with E-state index >= 15 is 0 Å². The Balaban J connectivity index is 1.42. The molecule has 0 radical (unpaired) electrons. The van der Waals surface area contributed by atoms with E-state index in [1.165, 1.54) is 0 Å². The highest BCUT2D eigenvalue weighted by Crippen LogP contribution is 2.24. The van der Waals surface area contributed by atoms with Crippen LogP contribution in [0.15, 0.2) is 27.7 Å². The van der Waals surface area contributed by atoms with Crippen LogP contribution in [-0.2, 0) is 18.7 Å². The standard InChI is InChI=1S/C15H16BrN5OS/c16-12-4-17-15(18-5-12)20-6-10(7-20)8-21-14(22)3-11-9-23-2-1-13(11)19-21/h3-5,10H,1-2,6-9H2. The lowest BCUT2D eigenvalue weighted by Gasteiger charge is -2.39. The van der Waals surface area contributed by atoms with Gasteiger partial charge in [-0.05, 0) is 27.2 Å². The summed E-state index contributed by atoms with van der Waals surface area (Å²) in [5.41, 5.74) is 2.22. The third-order valence-electron chi connectivity index (χ3n) is 4.18. The zero-order chi connectivity index (χ0) is 15.8. The Bertz CT molecular complexity index is 772. The van der Waals surface area contributed by atoms with Gasteiger partial charge in [0.25, 0.3) is 5.56 Å². The molecule has 0 atom stereocenters. The van der Waals surface area contributed by atoms with Gasteiger partial charge >= 0.3 is 0 Å². The van der Waals surface area contributed by atoms with Crippen molar-refractivity contribution >= 4 is 33.6 Å². The van der Waals surface area contributed by atoms with E-state index in [2.05, 4.69) is 35.9 Å². The number of rotatable bonds is 3. The molecule has 2 aliphatic heterocycles. The molecule has 0 saturated carbocycles. The number of thioether (sulfide) groups is 1. The molecule has 0 unspecified atom stereocenters. The van der Waals surface area contributed by atoms with Crippen molar-refractivity contribution in [3.8, 4) is 0 Å². The van der Waals surface area contributed by atoms with Crippen LogP contribution in [0.3, 0.4) is 0 Å². The summed E-state index contributed by atoms with van der Waals surface area (Å²) in [6, 6.07) is 1.77. The van der Waals surface area contributed by atoms with E-state index < -0.39 is 0 Å². The number of fused-ring (bicyclic) bond motifs is 1. The van der Waals surface area contributed by atoms with Gasteiger partial charge < -0.3 is 4.90 Å². The Morgan fingerprint density at radius 3 is 2.87 bits per heavy atom. The van der Waals surface area contributed by atoms with Crippen molar-refractivity contribution in [2.45, 2.75) is 18.7 Å². The molecule has 1 saturated heterocycles. The third kappa shape index (κ3) is 3.14. The number of hydrogen-bond acceptors (Lipinski definition) is 6. The van der Waals surface area contributed by atoms with Gasteiger partial charge in [0.1, 0.15) is 0 Å². The molecule has 1 fully saturated rings. The minimum absolute atomic E-state index is 0.0181. The van der Waals surface area contributed by atoms with E-state index in [1.54, 1.807) is 23.1 Å². The van der Waals surface area contributed by atoms with Crippen LogP contribution in [-0.4, -0.2) is 38.6 Å². The van der Waals surface area contributed by atoms with Gasteiger partial charge in [-0.3, -0.25) is 4.79 Å². The highest BCUT2D eigenvalue weighted by atomic mass is 79.9. The number of hydrogen-bond donors (Lipinski definition) is 0. The molecule has 23 heavy (non-hydrogen) atoms. The lowest BCUT2D eigenvalue weighted by Crippen LogP contribution is -2.50. The second-order valence-electron chi connectivity index (χ2n) is 5.91. The molecule has 0 aliphatic carbocycles. The fourth-order valence-electron chi connectivity index (χ4n) is 2.95. The summed E-state index contributed by atoms with van der Waals surface area (Å²) in [6.07, 6.45) is 4.47. The van der Waals surface area contributed by atoms with Gasteiger partial charge in [-0.1, -0.05) is 0 Å². The Kier molecular flexibility index (Phi) is 4.11. The van der Waals surface area contributed by atoms with Gasteiger partial charge in [-0.2, -0.15) is 16.9 Å². The quantitative estimate of drug-likeness (QED) is 0.790. The van der Waals surface area contributed by atoms with Crippen molar-refractivity contribution in [1.82, 2.24) is 19.7 Å². The second kappa shape index (κ2) is 6.24. The fraction of sp³-hybridized carbons (Fsp3) is 0.467. The van der Waals surface area contributed by atoms with E-state index in [0.717, 1.165) is 52.7 Å².